The average Bonchev–Trinajstić information content (AvgIpc) is 3.25. The first-order chi connectivity index (χ1) is 14.7. The van der Waals surface area contributed by atoms with Gasteiger partial charge in [-0.2, -0.15) is 0 Å². The lowest BCUT2D eigenvalue weighted by atomic mass is 10.2. The SMILES string of the molecule is Cc1noc(C)c1S(=O)(=O)NC(=O)c1cc2ccccc2n1Cc1ccc(Cl)c(Cl)c1. The molecule has 0 saturated heterocycles. The highest BCUT2D eigenvalue weighted by Crippen LogP contribution is 2.26. The van der Waals surface area contributed by atoms with E-state index in [1.807, 2.05) is 24.3 Å². The Morgan fingerprint density at radius 3 is 2.52 bits per heavy atom. The predicted molar refractivity (Wildman–Crippen MR) is 118 cm³/mol. The number of hydrogen-bond acceptors (Lipinski definition) is 5. The first-order valence-electron chi connectivity index (χ1n) is 9.19. The van der Waals surface area contributed by atoms with Gasteiger partial charge >= 0.3 is 0 Å². The normalized spacial score (nSPS) is 11.7. The Morgan fingerprint density at radius 2 is 1.84 bits per heavy atom. The highest BCUT2D eigenvalue weighted by atomic mass is 35.5. The summed E-state index contributed by atoms with van der Waals surface area (Å²) in [6.07, 6.45) is 0. The number of aromatic nitrogens is 2. The Kier molecular flexibility index (Phi) is 5.55. The molecule has 0 fully saturated rings. The number of aryl methyl sites for hydroxylation is 2. The highest BCUT2D eigenvalue weighted by molar-refractivity contribution is 7.90. The molecule has 1 amide bonds. The van der Waals surface area contributed by atoms with E-state index in [1.165, 1.54) is 13.8 Å². The largest absolute Gasteiger partial charge is 0.360 e. The molecule has 4 aromatic rings. The Bertz CT molecular complexity index is 1400. The quantitative estimate of drug-likeness (QED) is 0.448. The maximum Gasteiger partial charge on any atom is 0.281 e. The molecule has 0 bridgehead atoms. The van der Waals surface area contributed by atoms with Gasteiger partial charge in [-0.3, -0.25) is 4.79 Å². The van der Waals surface area contributed by atoms with E-state index in [0.29, 0.717) is 16.6 Å². The lowest BCUT2D eigenvalue weighted by Gasteiger charge is -2.12. The second-order valence-electron chi connectivity index (χ2n) is 7.01. The Labute approximate surface area is 188 Å². The summed E-state index contributed by atoms with van der Waals surface area (Å²) < 4.78 is 34.4. The van der Waals surface area contributed by atoms with Crippen molar-refractivity contribution >= 4 is 50.0 Å². The lowest BCUT2D eigenvalue weighted by Crippen LogP contribution is -2.32. The molecule has 31 heavy (non-hydrogen) atoms. The third-order valence-electron chi connectivity index (χ3n) is 4.83. The summed E-state index contributed by atoms with van der Waals surface area (Å²) in [4.78, 5) is 12.9. The van der Waals surface area contributed by atoms with Crippen LogP contribution in [0.3, 0.4) is 0 Å². The number of carbonyl (C=O) groups excluding carboxylic acids is 1. The molecule has 0 unspecified atom stereocenters. The molecule has 0 aliphatic rings. The van der Waals surface area contributed by atoms with Gasteiger partial charge in [-0.25, -0.2) is 13.1 Å². The molecule has 2 aromatic heterocycles. The van der Waals surface area contributed by atoms with Gasteiger partial charge < -0.3 is 9.09 Å². The number of nitrogens with zero attached hydrogens (tertiary/aromatic N) is 2. The van der Waals surface area contributed by atoms with Crippen molar-refractivity contribution in [2.24, 2.45) is 0 Å². The second-order valence-corrected chi connectivity index (χ2v) is 9.44. The fraction of sp³-hybridized carbons (Fsp3) is 0.143. The summed E-state index contributed by atoms with van der Waals surface area (Å²) in [6.45, 7) is 3.26. The number of sulfonamides is 1. The topological polar surface area (TPSA) is 94.2 Å². The fourth-order valence-electron chi connectivity index (χ4n) is 3.47. The molecule has 10 heteroatoms. The van der Waals surface area contributed by atoms with Crippen LogP contribution in [0.1, 0.15) is 27.5 Å². The van der Waals surface area contributed by atoms with Crippen molar-refractivity contribution in [2.45, 2.75) is 25.3 Å². The van der Waals surface area contributed by atoms with E-state index in [1.54, 1.807) is 28.8 Å². The van der Waals surface area contributed by atoms with Crippen molar-refractivity contribution in [1.29, 1.82) is 0 Å². The molecule has 2 aromatic carbocycles. The number of carbonyl (C=O) groups is 1. The minimum atomic E-state index is -4.17. The maximum atomic E-state index is 13.1. The smallest absolute Gasteiger partial charge is 0.281 e. The van der Waals surface area contributed by atoms with Crippen molar-refractivity contribution in [1.82, 2.24) is 14.4 Å². The van der Waals surface area contributed by atoms with E-state index < -0.39 is 15.9 Å². The number of halogens is 2. The number of amides is 1. The van der Waals surface area contributed by atoms with Crippen molar-refractivity contribution in [3.05, 3.63) is 81.3 Å². The van der Waals surface area contributed by atoms with Crippen LogP contribution in [0, 0.1) is 13.8 Å². The van der Waals surface area contributed by atoms with Crippen LogP contribution in [0.5, 0.6) is 0 Å². The van der Waals surface area contributed by atoms with E-state index >= 15 is 0 Å². The van der Waals surface area contributed by atoms with E-state index in [-0.39, 0.29) is 22.0 Å². The summed E-state index contributed by atoms with van der Waals surface area (Å²) in [7, 11) is -4.17. The molecule has 0 radical (unpaired) electrons. The minimum Gasteiger partial charge on any atom is -0.360 e. The maximum absolute atomic E-state index is 13.1. The minimum absolute atomic E-state index is 0.106. The van der Waals surface area contributed by atoms with Gasteiger partial charge in [0.05, 0.1) is 10.0 Å². The van der Waals surface area contributed by atoms with Crippen molar-refractivity contribution in [3.8, 4) is 0 Å². The van der Waals surface area contributed by atoms with Gasteiger partial charge in [0.1, 0.15) is 11.4 Å². The highest BCUT2D eigenvalue weighted by Gasteiger charge is 2.28. The van der Waals surface area contributed by atoms with Crippen molar-refractivity contribution in [3.63, 3.8) is 0 Å². The summed E-state index contributed by atoms with van der Waals surface area (Å²) in [5.41, 5.74) is 1.93. The van der Waals surface area contributed by atoms with Crippen LogP contribution in [0.25, 0.3) is 10.9 Å². The molecule has 0 aliphatic carbocycles. The molecule has 0 spiro atoms. The predicted octanol–water partition coefficient (Wildman–Crippen LogP) is 4.72. The zero-order chi connectivity index (χ0) is 22.3. The van der Waals surface area contributed by atoms with Crippen molar-refractivity contribution in [2.75, 3.05) is 0 Å². The van der Waals surface area contributed by atoms with Gasteiger partial charge in [0, 0.05) is 17.4 Å². The second kappa shape index (κ2) is 8.03. The molecule has 7 nitrogen and oxygen atoms in total. The lowest BCUT2D eigenvalue weighted by molar-refractivity contribution is 0.0973. The Hall–Kier alpha value is -2.81. The molecule has 2 heterocycles. The van der Waals surface area contributed by atoms with Crippen LogP contribution >= 0.6 is 23.2 Å². The first kappa shape index (κ1) is 21.4. The number of para-hydroxylation sites is 1. The van der Waals surface area contributed by atoms with Gasteiger partial charge in [-0.1, -0.05) is 52.6 Å². The van der Waals surface area contributed by atoms with Crippen LogP contribution in [0.2, 0.25) is 10.0 Å². The first-order valence-corrected chi connectivity index (χ1v) is 11.4. The van der Waals surface area contributed by atoms with E-state index in [4.69, 9.17) is 27.7 Å². The van der Waals surface area contributed by atoms with Gasteiger partial charge in [0.25, 0.3) is 15.9 Å². The van der Waals surface area contributed by atoms with E-state index in [2.05, 4.69) is 9.88 Å². The van der Waals surface area contributed by atoms with Crippen LogP contribution in [-0.4, -0.2) is 24.0 Å². The third kappa shape index (κ3) is 4.06. The molecular weight excluding hydrogens is 461 g/mol. The molecule has 0 atom stereocenters. The zero-order valence-electron chi connectivity index (χ0n) is 16.5. The van der Waals surface area contributed by atoms with Crippen LogP contribution in [0.15, 0.2) is 57.9 Å². The number of nitrogens with one attached hydrogen (secondary N) is 1. The van der Waals surface area contributed by atoms with Gasteiger partial charge in [0.15, 0.2) is 10.7 Å². The summed E-state index contributed by atoms with van der Waals surface area (Å²) in [6, 6.07) is 14.2. The van der Waals surface area contributed by atoms with Crippen LogP contribution in [0.4, 0.5) is 0 Å². The average molecular weight is 478 g/mol. The number of benzene rings is 2. The third-order valence-corrected chi connectivity index (χ3v) is 7.15. The van der Waals surface area contributed by atoms with Gasteiger partial charge in [0.2, 0.25) is 0 Å². The molecule has 160 valence electrons. The van der Waals surface area contributed by atoms with E-state index in [0.717, 1.165) is 16.5 Å². The fourth-order valence-corrected chi connectivity index (χ4v) is 5.09. The van der Waals surface area contributed by atoms with Crippen molar-refractivity contribution < 1.29 is 17.7 Å². The molecule has 0 aliphatic heterocycles. The summed E-state index contributed by atoms with van der Waals surface area (Å²) in [5, 5.41) is 5.26. The van der Waals surface area contributed by atoms with E-state index in [9.17, 15) is 13.2 Å². The monoisotopic (exact) mass is 477 g/mol. The molecular formula is C21H17Cl2N3O4S. The summed E-state index contributed by atoms with van der Waals surface area (Å²) >= 11 is 12.1. The number of hydrogen-bond donors (Lipinski definition) is 1. The van der Waals surface area contributed by atoms with Crippen LogP contribution < -0.4 is 4.72 Å². The Morgan fingerprint density at radius 1 is 1.10 bits per heavy atom. The number of rotatable bonds is 5. The summed E-state index contributed by atoms with van der Waals surface area (Å²) in [5.74, 6) is -0.662. The molecule has 0 saturated carbocycles. The standard InChI is InChI=1S/C21H17Cl2N3O4S/c1-12-20(13(2)30-24-12)31(28,29)25-21(27)19-10-15-5-3-4-6-18(15)26(19)11-14-7-8-16(22)17(23)9-14/h3-10H,11H2,1-2H3,(H,25,27). The van der Waals surface area contributed by atoms with Crippen LogP contribution in [-0.2, 0) is 16.6 Å². The number of fused-ring (bicyclic) bond motifs is 1. The molecule has 4 rings (SSSR count). The zero-order valence-corrected chi connectivity index (χ0v) is 18.8. The Balaban J connectivity index is 1.76. The van der Waals surface area contributed by atoms with Gasteiger partial charge in [-0.15, -0.1) is 0 Å². The molecule has 1 N–H and O–H groups in total. The van der Waals surface area contributed by atoms with Gasteiger partial charge in [-0.05, 0) is 43.7 Å².